The second-order valence-electron chi connectivity index (χ2n) is 5.15. The maximum Gasteiger partial charge on any atom is 0.175 e. The Balaban J connectivity index is 1.99. The Hall–Kier alpha value is -1.71. The minimum atomic E-state index is -0.0992. The lowest BCUT2D eigenvalue weighted by Crippen LogP contribution is -2.24. The zero-order chi connectivity index (χ0) is 12.3. The Morgan fingerprint density at radius 1 is 1.06 bits per heavy atom. The normalized spacial score (nSPS) is 11.7. The third-order valence-electron chi connectivity index (χ3n) is 2.54. The molecular formula is C13H18N4. The van der Waals surface area contributed by atoms with Crippen LogP contribution in [-0.4, -0.2) is 20.2 Å². The summed E-state index contributed by atoms with van der Waals surface area (Å²) in [5.41, 5.74) is 1.21. The van der Waals surface area contributed by atoms with Gasteiger partial charge in [0, 0.05) is 6.42 Å². The molecule has 0 atom stereocenters. The maximum absolute atomic E-state index is 4.39. The number of tetrazole rings is 1. The van der Waals surface area contributed by atoms with Crippen LogP contribution in [0.5, 0.6) is 0 Å². The summed E-state index contributed by atoms with van der Waals surface area (Å²) in [5, 5.41) is 12.5. The van der Waals surface area contributed by atoms with Gasteiger partial charge in [-0.3, -0.25) is 0 Å². The van der Waals surface area contributed by atoms with E-state index in [4.69, 9.17) is 0 Å². The average molecular weight is 230 g/mol. The van der Waals surface area contributed by atoms with Crippen LogP contribution in [0.25, 0.3) is 0 Å². The van der Waals surface area contributed by atoms with Crippen LogP contribution in [0.2, 0.25) is 0 Å². The zero-order valence-electron chi connectivity index (χ0n) is 10.6. The highest BCUT2D eigenvalue weighted by atomic mass is 15.6. The van der Waals surface area contributed by atoms with Crippen LogP contribution >= 0.6 is 0 Å². The second kappa shape index (κ2) is 4.65. The Morgan fingerprint density at radius 2 is 1.76 bits per heavy atom. The van der Waals surface area contributed by atoms with Crippen molar-refractivity contribution in [3.8, 4) is 0 Å². The van der Waals surface area contributed by atoms with E-state index in [1.54, 1.807) is 4.80 Å². The number of rotatable bonds is 3. The van der Waals surface area contributed by atoms with E-state index in [1.807, 2.05) is 6.07 Å². The Bertz CT molecular complexity index is 468. The molecule has 1 aromatic carbocycles. The van der Waals surface area contributed by atoms with Gasteiger partial charge < -0.3 is 0 Å². The van der Waals surface area contributed by atoms with Crippen molar-refractivity contribution in [1.29, 1.82) is 0 Å². The molecule has 0 radical (unpaired) electrons. The molecule has 0 amide bonds. The van der Waals surface area contributed by atoms with Gasteiger partial charge >= 0.3 is 0 Å². The lowest BCUT2D eigenvalue weighted by molar-refractivity contribution is 0.305. The van der Waals surface area contributed by atoms with Crippen molar-refractivity contribution in [2.45, 2.75) is 39.2 Å². The Labute approximate surface area is 102 Å². The summed E-state index contributed by atoms with van der Waals surface area (Å²) >= 11 is 0. The van der Waals surface area contributed by atoms with E-state index in [0.717, 1.165) is 18.7 Å². The molecule has 4 heteroatoms. The first-order valence-electron chi connectivity index (χ1n) is 5.89. The molecule has 0 aliphatic heterocycles. The minimum absolute atomic E-state index is 0.0992. The summed E-state index contributed by atoms with van der Waals surface area (Å²) in [7, 11) is 0. The molecule has 0 aliphatic carbocycles. The largest absolute Gasteiger partial charge is 0.175 e. The third kappa shape index (κ3) is 3.12. The van der Waals surface area contributed by atoms with E-state index in [1.165, 1.54) is 5.56 Å². The highest BCUT2D eigenvalue weighted by molar-refractivity contribution is 5.15. The second-order valence-corrected chi connectivity index (χ2v) is 5.15. The molecule has 0 N–H and O–H groups in total. The van der Waals surface area contributed by atoms with Crippen LogP contribution in [0.4, 0.5) is 0 Å². The quantitative estimate of drug-likeness (QED) is 0.812. The van der Waals surface area contributed by atoms with E-state index < -0.39 is 0 Å². The van der Waals surface area contributed by atoms with Gasteiger partial charge in [-0.15, -0.1) is 10.2 Å². The van der Waals surface area contributed by atoms with Crippen molar-refractivity contribution in [3.63, 3.8) is 0 Å². The molecule has 1 heterocycles. The minimum Gasteiger partial charge on any atom is -0.159 e. The maximum atomic E-state index is 4.39. The molecule has 1 aromatic heterocycles. The SMILES string of the molecule is CC(C)(C)n1nnc(CCc2ccccc2)n1. The van der Waals surface area contributed by atoms with Gasteiger partial charge in [0.1, 0.15) is 0 Å². The fraction of sp³-hybridized carbons (Fsp3) is 0.462. The molecule has 0 saturated carbocycles. The monoisotopic (exact) mass is 230 g/mol. The molecular weight excluding hydrogens is 212 g/mol. The van der Waals surface area contributed by atoms with Crippen molar-refractivity contribution in [3.05, 3.63) is 41.7 Å². The Kier molecular flexibility index (Phi) is 3.22. The number of nitrogens with zero attached hydrogens (tertiary/aromatic N) is 4. The molecule has 0 spiro atoms. The van der Waals surface area contributed by atoms with E-state index in [0.29, 0.717) is 0 Å². The topological polar surface area (TPSA) is 43.6 Å². The lowest BCUT2D eigenvalue weighted by Gasteiger charge is -2.15. The molecule has 90 valence electrons. The predicted molar refractivity (Wildman–Crippen MR) is 66.7 cm³/mol. The molecule has 4 nitrogen and oxygen atoms in total. The summed E-state index contributed by atoms with van der Waals surface area (Å²) in [4.78, 5) is 1.67. The lowest BCUT2D eigenvalue weighted by atomic mass is 10.1. The number of aryl methyl sites for hydroxylation is 2. The fourth-order valence-electron chi connectivity index (χ4n) is 1.53. The average Bonchev–Trinajstić information content (AvgIpc) is 2.76. The summed E-state index contributed by atoms with van der Waals surface area (Å²) < 4.78 is 0. The van der Waals surface area contributed by atoms with Gasteiger partial charge in [0.05, 0.1) is 5.54 Å². The van der Waals surface area contributed by atoms with Crippen LogP contribution in [0, 0.1) is 0 Å². The van der Waals surface area contributed by atoms with Gasteiger partial charge in [-0.25, -0.2) is 0 Å². The Morgan fingerprint density at radius 3 is 2.35 bits per heavy atom. The van der Waals surface area contributed by atoms with E-state index >= 15 is 0 Å². The molecule has 0 bridgehead atoms. The van der Waals surface area contributed by atoms with Crippen molar-refractivity contribution in [1.82, 2.24) is 20.2 Å². The molecule has 0 unspecified atom stereocenters. The van der Waals surface area contributed by atoms with Gasteiger partial charge in [0.15, 0.2) is 5.82 Å². The van der Waals surface area contributed by atoms with E-state index in [2.05, 4.69) is 60.4 Å². The van der Waals surface area contributed by atoms with Gasteiger partial charge in [-0.05, 0) is 38.0 Å². The highest BCUT2D eigenvalue weighted by Gasteiger charge is 2.16. The third-order valence-corrected chi connectivity index (χ3v) is 2.54. The first kappa shape index (κ1) is 11.8. The molecule has 0 saturated heterocycles. The van der Waals surface area contributed by atoms with Gasteiger partial charge in [0.2, 0.25) is 0 Å². The van der Waals surface area contributed by atoms with Gasteiger partial charge in [-0.1, -0.05) is 30.3 Å². The van der Waals surface area contributed by atoms with Crippen LogP contribution in [0.15, 0.2) is 30.3 Å². The number of hydrogen-bond donors (Lipinski definition) is 0. The van der Waals surface area contributed by atoms with Crippen LogP contribution < -0.4 is 0 Å². The highest BCUT2D eigenvalue weighted by Crippen LogP contribution is 2.10. The van der Waals surface area contributed by atoms with Crippen molar-refractivity contribution in [2.75, 3.05) is 0 Å². The molecule has 0 fully saturated rings. The number of hydrogen-bond acceptors (Lipinski definition) is 3. The first-order chi connectivity index (χ1) is 8.05. The van der Waals surface area contributed by atoms with Crippen molar-refractivity contribution in [2.24, 2.45) is 0 Å². The van der Waals surface area contributed by atoms with Crippen molar-refractivity contribution >= 4 is 0 Å². The summed E-state index contributed by atoms with van der Waals surface area (Å²) in [6.07, 6.45) is 1.79. The number of benzene rings is 1. The molecule has 0 aliphatic rings. The summed E-state index contributed by atoms with van der Waals surface area (Å²) in [6, 6.07) is 10.4. The van der Waals surface area contributed by atoms with E-state index in [9.17, 15) is 0 Å². The van der Waals surface area contributed by atoms with E-state index in [-0.39, 0.29) is 5.54 Å². The predicted octanol–water partition coefficient (Wildman–Crippen LogP) is 2.21. The van der Waals surface area contributed by atoms with Crippen molar-refractivity contribution < 1.29 is 0 Å². The summed E-state index contributed by atoms with van der Waals surface area (Å²) in [6.45, 7) is 6.20. The van der Waals surface area contributed by atoms with Crippen LogP contribution in [0.1, 0.15) is 32.2 Å². The first-order valence-corrected chi connectivity index (χ1v) is 5.89. The smallest absolute Gasteiger partial charge is 0.159 e. The number of aromatic nitrogens is 4. The molecule has 17 heavy (non-hydrogen) atoms. The van der Waals surface area contributed by atoms with Gasteiger partial charge in [-0.2, -0.15) is 4.80 Å². The standard InChI is InChI=1S/C13H18N4/c1-13(2,3)17-15-12(14-16-17)10-9-11-7-5-4-6-8-11/h4-8H,9-10H2,1-3H3. The van der Waals surface area contributed by atoms with Crippen LogP contribution in [-0.2, 0) is 18.4 Å². The van der Waals surface area contributed by atoms with Gasteiger partial charge in [0.25, 0.3) is 0 Å². The fourth-order valence-corrected chi connectivity index (χ4v) is 1.53. The summed E-state index contributed by atoms with van der Waals surface area (Å²) in [5.74, 6) is 0.809. The van der Waals surface area contributed by atoms with Crippen LogP contribution in [0.3, 0.4) is 0 Å². The zero-order valence-corrected chi connectivity index (χ0v) is 10.6. The molecule has 2 rings (SSSR count). The molecule has 2 aromatic rings.